The second kappa shape index (κ2) is 6.67. The summed E-state index contributed by atoms with van der Waals surface area (Å²) < 4.78 is 5.11. The van der Waals surface area contributed by atoms with Gasteiger partial charge in [-0.3, -0.25) is 0 Å². The number of rotatable bonds is 4. The average molecular weight is 317 g/mol. The number of ether oxygens (including phenoxy) is 1. The Morgan fingerprint density at radius 3 is 2.62 bits per heavy atom. The first kappa shape index (κ1) is 15.9. The van der Waals surface area contributed by atoms with Crippen LogP contribution in [-0.2, 0) is 4.74 Å². The SMILES string of the molecule is C=CCOC(=O)c1ccc(C)c(-c2c(C)ccc3ccccc23)n1. The first-order chi connectivity index (χ1) is 11.6. The zero-order chi connectivity index (χ0) is 17.1. The topological polar surface area (TPSA) is 39.2 Å². The van der Waals surface area contributed by atoms with E-state index >= 15 is 0 Å². The van der Waals surface area contributed by atoms with Gasteiger partial charge in [0.25, 0.3) is 0 Å². The minimum atomic E-state index is -0.436. The molecule has 0 atom stereocenters. The number of carbonyl (C=O) groups excluding carboxylic acids is 1. The molecule has 120 valence electrons. The molecule has 0 fully saturated rings. The fraction of sp³-hybridized carbons (Fsp3) is 0.143. The number of hydrogen-bond acceptors (Lipinski definition) is 3. The number of pyridine rings is 1. The number of fused-ring (bicyclic) bond motifs is 1. The third-order valence-electron chi connectivity index (χ3n) is 4.01. The van der Waals surface area contributed by atoms with Crippen LogP contribution in [0, 0.1) is 13.8 Å². The number of esters is 1. The molecule has 3 heteroatoms. The van der Waals surface area contributed by atoms with Crippen LogP contribution >= 0.6 is 0 Å². The summed E-state index contributed by atoms with van der Waals surface area (Å²) in [4.78, 5) is 16.7. The lowest BCUT2D eigenvalue weighted by atomic mass is 9.95. The number of nitrogens with zero attached hydrogens (tertiary/aromatic N) is 1. The van der Waals surface area contributed by atoms with E-state index < -0.39 is 5.97 Å². The van der Waals surface area contributed by atoms with Gasteiger partial charge in [0.1, 0.15) is 12.3 Å². The normalized spacial score (nSPS) is 10.6. The zero-order valence-corrected chi connectivity index (χ0v) is 13.9. The predicted molar refractivity (Wildman–Crippen MR) is 97.1 cm³/mol. The first-order valence-electron chi connectivity index (χ1n) is 7.86. The van der Waals surface area contributed by atoms with Crippen LogP contribution in [0.25, 0.3) is 22.0 Å². The molecule has 0 spiro atoms. The molecule has 0 aliphatic heterocycles. The van der Waals surface area contributed by atoms with Crippen molar-refractivity contribution in [3.05, 3.63) is 78.0 Å². The highest BCUT2D eigenvalue weighted by Gasteiger charge is 2.15. The highest BCUT2D eigenvalue weighted by Crippen LogP contribution is 2.32. The largest absolute Gasteiger partial charge is 0.457 e. The molecule has 0 amide bonds. The quantitative estimate of drug-likeness (QED) is 0.509. The van der Waals surface area contributed by atoms with Crippen LogP contribution in [0.5, 0.6) is 0 Å². The van der Waals surface area contributed by atoms with Gasteiger partial charge in [-0.25, -0.2) is 9.78 Å². The van der Waals surface area contributed by atoms with Gasteiger partial charge >= 0.3 is 5.97 Å². The number of benzene rings is 2. The Labute approximate surface area is 141 Å². The van der Waals surface area contributed by atoms with Crippen LogP contribution in [0.4, 0.5) is 0 Å². The average Bonchev–Trinajstić information content (AvgIpc) is 2.60. The summed E-state index contributed by atoms with van der Waals surface area (Å²) in [6.07, 6.45) is 1.54. The Morgan fingerprint density at radius 1 is 1.08 bits per heavy atom. The van der Waals surface area contributed by atoms with E-state index in [0.717, 1.165) is 33.2 Å². The minimum Gasteiger partial charge on any atom is -0.457 e. The first-order valence-corrected chi connectivity index (χ1v) is 7.86. The summed E-state index contributed by atoms with van der Waals surface area (Å²) in [6.45, 7) is 7.79. The van der Waals surface area contributed by atoms with E-state index in [9.17, 15) is 4.79 Å². The molecule has 3 rings (SSSR count). The Bertz CT molecular complexity index is 928. The summed E-state index contributed by atoms with van der Waals surface area (Å²) in [5, 5.41) is 2.28. The van der Waals surface area contributed by atoms with Crippen LogP contribution in [0.3, 0.4) is 0 Å². The molecular formula is C21H19NO2. The van der Waals surface area contributed by atoms with Crippen LogP contribution < -0.4 is 0 Å². The minimum absolute atomic E-state index is 0.178. The van der Waals surface area contributed by atoms with E-state index in [4.69, 9.17) is 4.74 Å². The maximum absolute atomic E-state index is 12.1. The van der Waals surface area contributed by atoms with E-state index in [2.05, 4.69) is 42.8 Å². The van der Waals surface area contributed by atoms with Crippen molar-refractivity contribution in [2.75, 3.05) is 6.61 Å². The number of aromatic nitrogens is 1. The van der Waals surface area contributed by atoms with Gasteiger partial charge in [-0.2, -0.15) is 0 Å². The standard InChI is InChI=1S/C21H19NO2/c1-4-13-24-21(23)18-12-10-15(3)20(22-18)19-14(2)9-11-16-7-5-6-8-17(16)19/h4-12H,1,13H2,2-3H3. The molecule has 0 radical (unpaired) electrons. The van der Waals surface area contributed by atoms with E-state index in [1.54, 1.807) is 12.1 Å². The maximum Gasteiger partial charge on any atom is 0.357 e. The molecule has 3 aromatic rings. The maximum atomic E-state index is 12.1. The molecule has 1 aromatic heterocycles. The van der Waals surface area contributed by atoms with Crippen LogP contribution in [0.1, 0.15) is 21.6 Å². The summed E-state index contributed by atoms with van der Waals surface area (Å²) >= 11 is 0. The van der Waals surface area contributed by atoms with E-state index in [1.807, 2.05) is 25.1 Å². The summed E-state index contributed by atoms with van der Waals surface area (Å²) in [6, 6.07) is 16.0. The molecule has 0 bridgehead atoms. The fourth-order valence-electron chi connectivity index (χ4n) is 2.80. The molecule has 24 heavy (non-hydrogen) atoms. The van der Waals surface area contributed by atoms with Crippen molar-refractivity contribution < 1.29 is 9.53 Å². The highest BCUT2D eigenvalue weighted by molar-refractivity contribution is 5.98. The number of carbonyl (C=O) groups is 1. The lowest BCUT2D eigenvalue weighted by molar-refractivity contribution is 0.0543. The summed E-state index contributed by atoms with van der Waals surface area (Å²) in [5.41, 5.74) is 4.33. The molecule has 0 saturated carbocycles. The van der Waals surface area contributed by atoms with E-state index in [-0.39, 0.29) is 6.61 Å². The van der Waals surface area contributed by atoms with Crippen molar-refractivity contribution in [3.8, 4) is 11.3 Å². The van der Waals surface area contributed by atoms with Crippen molar-refractivity contribution >= 4 is 16.7 Å². The van der Waals surface area contributed by atoms with Gasteiger partial charge in [0.2, 0.25) is 0 Å². The molecule has 3 nitrogen and oxygen atoms in total. The molecular weight excluding hydrogens is 298 g/mol. The van der Waals surface area contributed by atoms with Gasteiger partial charge in [-0.15, -0.1) is 0 Å². The van der Waals surface area contributed by atoms with Gasteiger partial charge in [0.05, 0.1) is 5.69 Å². The lowest BCUT2D eigenvalue weighted by Crippen LogP contribution is -2.08. The number of hydrogen-bond donors (Lipinski definition) is 0. The molecule has 0 saturated heterocycles. The fourth-order valence-corrected chi connectivity index (χ4v) is 2.80. The molecule has 0 N–H and O–H groups in total. The third kappa shape index (κ3) is 2.93. The van der Waals surface area contributed by atoms with E-state index in [0.29, 0.717) is 5.69 Å². The Kier molecular flexibility index (Phi) is 4.43. The Balaban J connectivity index is 2.18. The Hall–Kier alpha value is -2.94. The summed E-state index contributed by atoms with van der Waals surface area (Å²) in [5.74, 6) is -0.436. The monoisotopic (exact) mass is 317 g/mol. The van der Waals surface area contributed by atoms with Crippen LogP contribution in [0.2, 0.25) is 0 Å². The van der Waals surface area contributed by atoms with Gasteiger partial charge in [0.15, 0.2) is 0 Å². The second-order valence-electron chi connectivity index (χ2n) is 5.73. The Morgan fingerprint density at radius 2 is 1.83 bits per heavy atom. The highest BCUT2D eigenvalue weighted by atomic mass is 16.5. The van der Waals surface area contributed by atoms with Crippen molar-refractivity contribution in [3.63, 3.8) is 0 Å². The van der Waals surface area contributed by atoms with Crippen molar-refractivity contribution in [2.24, 2.45) is 0 Å². The van der Waals surface area contributed by atoms with Crippen molar-refractivity contribution in [1.82, 2.24) is 4.98 Å². The third-order valence-corrected chi connectivity index (χ3v) is 4.01. The predicted octanol–water partition coefficient (Wildman–Crippen LogP) is 4.86. The molecule has 1 heterocycles. The van der Waals surface area contributed by atoms with Gasteiger partial charge in [-0.05, 0) is 41.8 Å². The van der Waals surface area contributed by atoms with Gasteiger partial charge in [0, 0.05) is 5.56 Å². The smallest absolute Gasteiger partial charge is 0.357 e. The van der Waals surface area contributed by atoms with E-state index in [1.165, 1.54) is 0 Å². The second-order valence-corrected chi connectivity index (χ2v) is 5.73. The zero-order valence-electron chi connectivity index (χ0n) is 13.9. The van der Waals surface area contributed by atoms with Gasteiger partial charge < -0.3 is 4.74 Å². The van der Waals surface area contributed by atoms with Crippen LogP contribution in [-0.4, -0.2) is 17.6 Å². The van der Waals surface area contributed by atoms with Crippen molar-refractivity contribution in [2.45, 2.75) is 13.8 Å². The number of aryl methyl sites for hydroxylation is 2. The van der Waals surface area contributed by atoms with Crippen molar-refractivity contribution in [1.29, 1.82) is 0 Å². The molecule has 0 aliphatic carbocycles. The molecule has 0 aliphatic rings. The summed E-state index contributed by atoms with van der Waals surface area (Å²) in [7, 11) is 0. The van der Waals surface area contributed by atoms with Crippen LogP contribution in [0.15, 0.2) is 61.2 Å². The molecule has 0 unspecified atom stereocenters. The molecule has 2 aromatic carbocycles. The van der Waals surface area contributed by atoms with Gasteiger partial charge in [-0.1, -0.05) is 55.1 Å². The lowest BCUT2D eigenvalue weighted by Gasteiger charge is -2.13.